The highest BCUT2D eigenvalue weighted by Crippen LogP contribution is 2.46. The Hall–Kier alpha value is -9.50. The lowest BCUT2D eigenvalue weighted by atomic mass is 9.72. The van der Waals surface area contributed by atoms with E-state index in [2.05, 4.69) is 118 Å². The molecule has 136 heavy (non-hydrogen) atoms. The first kappa shape index (κ1) is 101. The van der Waals surface area contributed by atoms with E-state index < -0.39 is 53.2 Å². The number of amides is 1. The standard InChI is InChI=1S/C27H37N5O4S.C25H30N4O2S.C24H28N4O2S.C23H31N5O4S2.2CH4/c1-31(23(33)18-35-2)19-27(20-6-4-3-5-7-20)11-13-32(14-12-27)26-29-22-10-17-37(34)24(22)25(30-26)28-21-8-15-36-16-9-21;1-2-18-3-5-19(6-4-18)17-20-7-12-29(13-8-20)25-27-22-11-16-32(30)23(22)24(28-25)26-21-9-14-31-15-10-21;1-2-17-3-5-18(6-4-17)15-19-7-12-28(13-8-19)23-25-20-9-14-31(30)21(20)22(26-23)27-24(16-29)10-11-24;1-34(31,32)24-15-22(17-5-3-2-4-6-17)10-12-28(13-11-22)21-25-18-7-14-33(30)19(18)20(26-21)27-23(16-29)8-9-23;;/h3-7,21H,8-19H2,1-2H3,(H,28,29,30);1,3-6,20-21H,7-17H2,(H,26,27,28);1,3-6,19,29H,7-16H2,(H,25,26,27);2-6,24,29H,7-16H2,1H3,(H,25,26,27);2*1H4. The molecule has 4 atom stereocenters. The van der Waals surface area contributed by atoms with E-state index in [1.165, 1.54) is 22.9 Å². The average molecular weight is 1950 g/mol. The highest BCUT2D eigenvalue weighted by Gasteiger charge is 2.47. The molecule has 4 aromatic carbocycles. The molecule has 1 amide bonds. The Morgan fingerprint density at radius 2 is 0.809 bits per heavy atom. The maximum Gasteiger partial charge on any atom is 0.248 e. The molecule has 12 aliphatic rings. The molecule has 0 radical (unpaired) electrons. The highest BCUT2D eigenvalue weighted by atomic mass is 32.2. The van der Waals surface area contributed by atoms with Crippen molar-refractivity contribution < 1.29 is 54.5 Å². The Balaban J connectivity index is 0.000000137. The van der Waals surface area contributed by atoms with Gasteiger partial charge < -0.3 is 70.2 Å². The summed E-state index contributed by atoms with van der Waals surface area (Å²) in [5.74, 6) is 14.6. The van der Waals surface area contributed by atoms with E-state index in [9.17, 15) is 40.3 Å². The molecule has 10 aliphatic heterocycles. The second-order valence-electron chi connectivity index (χ2n) is 38.0. The van der Waals surface area contributed by atoms with Gasteiger partial charge in [0.1, 0.15) is 49.5 Å². The molecule has 0 spiro atoms. The molecular weight excluding hydrogens is 1820 g/mol. The Morgan fingerprint density at radius 3 is 1.14 bits per heavy atom. The van der Waals surface area contributed by atoms with Crippen molar-refractivity contribution in [2.45, 2.75) is 210 Å². The van der Waals surface area contributed by atoms with Gasteiger partial charge in [-0.25, -0.2) is 33.1 Å². The van der Waals surface area contributed by atoms with Crippen molar-refractivity contribution in [3.05, 3.63) is 165 Å². The number of hydrogen-bond acceptors (Lipinski definition) is 28. The van der Waals surface area contributed by atoms with Gasteiger partial charge in [0, 0.05) is 189 Å². The number of likely N-dealkylation sites (N-methyl/N-ethyl adjacent to an activating group) is 1. The van der Waals surface area contributed by atoms with Crippen molar-refractivity contribution in [3.63, 3.8) is 0 Å². The van der Waals surface area contributed by atoms with Crippen LogP contribution in [-0.2, 0) is 122 Å². The first-order valence-corrected chi connectivity index (χ1v) is 54.7. The summed E-state index contributed by atoms with van der Waals surface area (Å²) < 4.78 is 93.1. The molecule has 2 saturated carbocycles. The lowest BCUT2D eigenvalue weighted by molar-refractivity contribution is -0.134. The van der Waals surface area contributed by atoms with Crippen molar-refractivity contribution in [1.82, 2.24) is 49.5 Å². The van der Waals surface area contributed by atoms with Crippen molar-refractivity contribution in [1.29, 1.82) is 0 Å². The summed E-state index contributed by atoms with van der Waals surface area (Å²) in [7, 11) is -4.17. The van der Waals surface area contributed by atoms with E-state index in [4.69, 9.17) is 66.9 Å². The summed E-state index contributed by atoms with van der Waals surface area (Å²) in [5.41, 5.74) is 9.36. The van der Waals surface area contributed by atoms with Gasteiger partial charge in [-0.05, 0) is 174 Å². The summed E-state index contributed by atoms with van der Waals surface area (Å²) in [6.07, 6.45) is 32.1. The Labute approximate surface area is 812 Å². The number of carbonyl (C=O) groups excluding carboxylic acids is 1. The van der Waals surface area contributed by atoms with Gasteiger partial charge in [-0.15, -0.1) is 12.8 Å². The Kier molecular flexibility index (Phi) is 33.5. The van der Waals surface area contributed by atoms with Crippen LogP contribution < -0.4 is 45.6 Å². The van der Waals surface area contributed by atoms with E-state index in [1.54, 1.807) is 12.0 Å². The molecule has 7 N–H and O–H groups in total. The zero-order valence-corrected chi connectivity index (χ0v) is 81.2. The van der Waals surface area contributed by atoms with Crippen LogP contribution in [0.15, 0.2) is 129 Å². The number of fused-ring (bicyclic) bond motifs is 4. The van der Waals surface area contributed by atoms with Crippen LogP contribution in [0.25, 0.3) is 0 Å². The molecule has 4 unspecified atom stereocenters. The van der Waals surface area contributed by atoms with E-state index in [0.29, 0.717) is 108 Å². The van der Waals surface area contributed by atoms with Crippen molar-refractivity contribution in [3.8, 4) is 24.7 Å². The van der Waals surface area contributed by atoms with Crippen molar-refractivity contribution >= 4 is 106 Å². The van der Waals surface area contributed by atoms with Gasteiger partial charge in [0.2, 0.25) is 39.7 Å². The molecule has 730 valence electrons. The van der Waals surface area contributed by atoms with Gasteiger partial charge in [-0.3, -0.25) is 21.6 Å². The van der Waals surface area contributed by atoms with Gasteiger partial charge >= 0.3 is 0 Å². The number of benzene rings is 4. The number of ether oxygens (including phenoxy) is 3. The molecule has 14 heterocycles. The van der Waals surface area contributed by atoms with Gasteiger partial charge in [0.15, 0.2) is 0 Å². The van der Waals surface area contributed by atoms with Gasteiger partial charge in [-0.1, -0.05) is 112 Å². The van der Waals surface area contributed by atoms with Crippen LogP contribution in [0.2, 0.25) is 0 Å². The summed E-state index contributed by atoms with van der Waals surface area (Å²) in [6, 6.07) is 37.8. The predicted octanol–water partition coefficient (Wildman–Crippen LogP) is 10.5. The van der Waals surface area contributed by atoms with Gasteiger partial charge in [0.25, 0.3) is 0 Å². The van der Waals surface area contributed by atoms with Crippen LogP contribution >= 0.6 is 0 Å². The first-order chi connectivity index (χ1) is 65.0. The molecule has 4 aromatic heterocycles. The van der Waals surface area contributed by atoms with Gasteiger partial charge in [0.05, 0.1) is 96.5 Å². The third-order valence-electron chi connectivity index (χ3n) is 28.7. The minimum Gasteiger partial charge on any atom is -0.394 e. The maximum absolute atomic E-state index is 12.8. The first-order valence-electron chi connectivity index (χ1n) is 47.5. The molecule has 30 nitrogen and oxygen atoms in total. The minimum absolute atomic E-state index is 0. The number of terminal acetylenes is 2. The number of rotatable bonds is 27. The number of aliphatic hydroxyl groups excluding tert-OH is 2. The largest absolute Gasteiger partial charge is 0.394 e. The smallest absolute Gasteiger partial charge is 0.248 e. The fourth-order valence-electron chi connectivity index (χ4n) is 20.0. The third kappa shape index (κ3) is 24.3. The number of nitrogens with one attached hydrogen (secondary N) is 5. The molecule has 8 aromatic rings. The number of methoxy groups -OCH3 is 1. The number of piperidine rings is 4. The molecule has 2 aliphatic carbocycles. The number of carbonyl (C=O) groups is 1. The van der Waals surface area contributed by atoms with E-state index >= 15 is 0 Å². The maximum atomic E-state index is 12.8. The number of nitrogens with zero attached hydrogens (tertiary/aromatic N) is 13. The van der Waals surface area contributed by atoms with Crippen LogP contribution in [0.5, 0.6) is 0 Å². The quantitative estimate of drug-likeness (QED) is 0.0235. The summed E-state index contributed by atoms with van der Waals surface area (Å²) in [4.78, 5) is 65.0. The van der Waals surface area contributed by atoms with Crippen molar-refractivity contribution in [2.75, 3.05) is 196 Å². The summed E-state index contributed by atoms with van der Waals surface area (Å²) >= 11 is 0. The van der Waals surface area contributed by atoms with Crippen LogP contribution in [0.4, 0.5) is 47.1 Å². The fraction of sp³-hybridized carbons (Fsp3) is 0.554. The lowest BCUT2D eigenvalue weighted by Gasteiger charge is -2.44. The molecule has 0 bridgehead atoms. The molecule has 35 heteroatoms. The van der Waals surface area contributed by atoms with E-state index in [1.807, 2.05) is 55.6 Å². The minimum atomic E-state index is -3.31. The number of aryl methyl sites for hydroxylation is 4. The van der Waals surface area contributed by atoms with Crippen molar-refractivity contribution in [2.24, 2.45) is 11.8 Å². The normalized spacial score (nSPS) is 21.7. The number of aliphatic hydroxyl groups is 2. The van der Waals surface area contributed by atoms with Crippen LogP contribution in [0.3, 0.4) is 0 Å². The second-order valence-corrected chi connectivity index (χ2v) is 45.8. The van der Waals surface area contributed by atoms with Crippen LogP contribution in [-0.4, -0.2) is 264 Å². The molecule has 6 saturated heterocycles. The SMILES string of the molecule is C.C.C#Cc1ccc(CC2CCN(c3nc4c(c(NC5(CO)CC5)n3)S(=O)CC4)CC2)cc1.C#Cc1ccc(CC2CCN(c3nc4c(c(NC5CCOCC5)n3)S(=O)CC4)CC2)cc1.COCC(=O)N(C)CC1(c2ccccc2)CCN(c2nc3c(c(NC4CCOCC4)n2)S(=O)CC3)CC1.CS(=O)(=O)NCC1(c2ccccc2)CCN(c2nc3c(c(NC4(CO)CC4)n2)S(=O)CC3)CC1. The third-order valence-corrected chi connectivity index (χ3v) is 35.2. The highest BCUT2D eigenvalue weighted by molar-refractivity contribution is 7.88. The number of hydrogen-bond donors (Lipinski definition) is 7. The monoisotopic (exact) mass is 1950 g/mol. The Bertz CT molecular complexity index is 5770. The lowest BCUT2D eigenvalue weighted by Crippen LogP contribution is -2.50. The van der Waals surface area contributed by atoms with E-state index in [-0.39, 0.29) is 68.5 Å². The second kappa shape index (κ2) is 45.2. The summed E-state index contributed by atoms with van der Waals surface area (Å²) in [5, 5.41) is 33.4. The topological polar surface area (TPSA) is 367 Å². The van der Waals surface area contributed by atoms with E-state index in [0.717, 1.165) is 272 Å². The molecular formula is C101H134N18O12S5. The number of aromatic nitrogens is 8. The number of sulfonamides is 1. The molecule has 8 fully saturated rings. The zero-order valence-electron chi connectivity index (χ0n) is 77.1. The number of anilines is 8. The van der Waals surface area contributed by atoms with Gasteiger partial charge in [-0.2, -0.15) is 19.9 Å². The Morgan fingerprint density at radius 1 is 0.478 bits per heavy atom. The predicted molar refractivity (Wildman–Crippen MR) is 539 cm³/mol. The van der Waals surface area contributed by atoms with Crippen LogP contribution in [0, 0.1) is 36.5 Å². The van der Waals surface area contributed by atoms with Crippen LogP contribution in [0.1, 0.15) is 174 Å². The fourth-order valence-corrected chi connectivity index (χ4v) is 25.8. The summed E-state index contributed by atoms with van der Waals surface area (Å²) in [6.45, 7) is 10.8. The molecule has 20 rings (SSSR count). The zero-order chi connectivity index (χ0) is 93.1. The average Bonchev–Trinajstić information content (AvgIpc) is 1.63.